The number of pyridine rings is 1. The average Bonchev–Trinajstić information content (AvgIpc) is 2.77. The molecule has 0 spiro atoms. The molecule has 0 radical (unpaired) electrons. The van der Waals surface area contributed by atoms with Crippen LogP contribution in [-0.2, 0) is 10.3 Å². The van der Waals surface area contributed by atoms with E-state index < -0.39 is 5.54 Å². The Labute approximate surface area is 180 Å². The van der Waals surface area contributed by atoms with Crippen LogP contribution in [0.25, 0.3) is 0 Å². The van der Waals surface area contributed by atoms with Crippen LogP contribution in [0.1, 0.15) is 37.3 Å². The molecule has 3 N–H and O–H groups in total. The molecule has 1 saturated heterocycles. The maximum atomic E-state index is 11.9. The van der Waals surface area contributed by atoms with E-state index >= 15 is 0 Å². The van der Waals surface area contributed by atoms with E-state index in [0.717, 1.165) is 48.8 Å². The summed E-state index contributed by atoms with van der Waals surface area (Å²) in [5, 5.41) is 10.3. The lowest BCUT2D eigenvalue weighted by atomic mass is 9.82. The third-order valence-electron chi connectivity index (χ3n) is 6.09. The summed E-state index contributed by atoms with van der Waals surface area (Å²) >= 11 is 0. The summed E-state index contributed by atoms with van der Waals surface area (Å²) in [5.41, 5.74) is 2.89. The quantitative estimate of drug-likeness (QED) is 0.594. The molecule has 0 bridgehead atoms. The van der Waals surface area contributed by atoms with Gasteiger partial charge in [-0.2, -0.15) is 0 Å². The highest BCUT2D eigenvalue weighted by molar-refractivity contribution is 5.73. The number of anilines is 1. The number of nitrogens with one attached hydrogen (secondary N) is 3. The zero-order valence-corrected chi connectivity index (χ0v) is 18.4. The van der Waals surface area contributed by atoms with Crippen molar-refractivity contribution >= 4 is 11.6 Å². The fourth-order valence-electron chi connectivity index (χ4n) is 4.24. The summed E-state index contributed by atoms with van der Waals surface area (Å²) in [5.74, 6) is 0.712. The molecular formula is C24H35N5O. The molecule has 6 nitrogen and oxygen atoms in total. The number of carbonyl (C=O) groups excluding carboxylic acids is 1. The molecule has 0 saturated carbocycles. The number of carbonyl (C=O) groups is 1. The van der Waals surface area contributed by atoms with E-state index in [1.54, 1.807) is 6.92 Å². The smallest absolute Gasteiger partial charge is 0.216 e. The van der Waals surface area contributed by atoms with E-state index in [4.69, 9.17) is 0 Å². The number of amides is 1. The van der Waals surface area contributed by atoms with Crippen LogP contribution in [0.15, 0.2) is 48.8 Å². The van der Waals surface area contributed by atoms with Crippen molar-refractivity contribution in [2.24, 2.45) is 5.92 Å². The topological polar surface area (TPSA) is 69.3 Å². The van der Waals surface area contributed by atoms with E-state index in [2.05, 4.69) is 50.1 Å². The molecule has 2 aromatic rings. The summed E-state index contributed by atoms with van der Waals surface area (Å²) in [6.45, 7) is 5.17. The predicted octanol–water partition coefficient (Wildman–Crippen LogP) is 2.51. The summed E-state index contributed by atoms with van der Waals surface area (Å²) in [4.78, 5) is 18.2. The zero-order valence-electron chi connectivity index (χ0n) is 18.4. The van der Waals surface area contributed by atoms with Crippen LogP contribution in [0, 0.1) is 5.92 Å². The van der Waals surface area contributed by atoms with Crippen molar-refractivity contribution in [2.75, 3.05) is 45.2 Å². The van der Waals surface area contributed by atoms with Crippen LogP contribution >= 0.6 is 0 Å². The van der Waals surface area contributed by atoms with Crippen LogP contribution < -0.4 is 20.9 Å². The lowest BCUT2D eigenvalue weighted by Crippen LogP contribution is -2.52. The third-order valence-corrected chi connectivity index (χ3v) is 6.09. The molecule has 3 rings (SSSR count). The first-order valence-corrected chi connectivity index (χ1v) is 10.9. The van der Waals surface area contributed by atoms with Gasteiger partial charge in [-0.05, 0) is 80.2 Å². The Morgan fingerprint density at radius 2 is 1.73 bits per heavy atom. The molecule has 1 aromatic carbocycles. The second-order valence-corrected chi connectivity index (χ2v) is 8.40. The number of benzene rings is 1. The van der Waals surface area contributed by atoms with Gasteiger partial charge >= 0.3 is 0 Å². The zero-order chi connectivity index (χ0) is 21.4. The van der Waals surface area contributed by atoms with E-state index in [0.29, 0.717) is 6.54 Å². The molecule has 6 heteroatoms. The van der Waals surface area contributed by atoms with Crippen molar-refractivity contribution in [1.29, 1.82) is 0 Å². The van der Waals surface area contributed by atoms with Crippen molar-refractivity contribution in [2.45, 2.75) is 31.7 Å². The van der Waals surface area contributed by atoms with Crippen molar-refractivity contribution < 1.29 is 4.79 Å². The van der Waals surface area contributed by atoms with Crippen molar-refractivity contribution in [3.63, 3.8) is 0 Å². The Kier molecular flexibility index (Phi) is 7.82. The number of hydrogen-bond acceptors (Lipinski definition) is 5. The van der Waals surface area contributed by atoms with Gasteiger partial charge < -0.3 is 20.9 Å². The van der Waals surface area contributed by atoms with Gasteiger partial charge in [-0.25, -0.2) is 0 Å². The highest BCUT2D eigenvalue weighted by Crippen LogP contribution is 2.31. The largest absolute Gasteiger partial charge is 0.378 e. The number of nitrogens with zero attached hydrogens (tertiary/aromatic N) is 2. The second kappa shape index (κ2) is 10.5. The Morgan fingerprint density at radius 3 is 2.33 bits per heavy atom. The van der Waals surface area contributed by atoms with E-state index in [1.807, 2.05) is 38.6 Å². The molecule has 1 unspecified atom stereocenters. The number of aromatic nitrogens is 1. The Balaban J connectivity index is 1.91. The monoisotopic (exact) mass is 409 g/mol. The maximum Gasteiger partial charge on any atom is 0.216 e. The fourth-order valence-corrected chi connectivity index (χ4v) is 4.24. The first-order chi connectivity index (χ1) is 14.5. The lowest BCUT2D eigenvalue weighted by Gasteiger charge is -2.37. The van der Waals surface area contributed by atoms with Gasteiger partial charge in [0, 0.05) is 45.6 Å². The predicted molar refractivity (Wildman–Crippen MR) is 123 cm³/mol. The van der Waals surface area contributed by atoms with Crippen molar-refractivity contribution in [3.8, 4) is 0 Å². The lowest BCUT2D eigenvalue weighted by molar-refractivity contribution is -0.119. The van der Waals surface area contributed by atoms with Gasteiger partial charge in [0.2, 0.25) is 5.91 Å². The Bertz CT molecular complexity index is 787. The molecular weight excluding hydrogens is 374 g/mol. The number of piperidine rings is 1. The first kappa shape index (κ1) is 22.2. The van der Waals surface area contributed by atoms with Gasteiger partial charge in [-0.1, -0.05) is 12.1 Å². The van der Waals surface area contributed by atoms with E-state index in [9.17, 15) is 4.79 Å². The van der Waals surface area contributed by atoms with Crippen LogP contribution in [0.2, 0.25) is 0 Å². The summed E-state index contributed by atoms with van der Waals surface area (Å²) < 4.78 is 0. The summed E-state index contributed by atoms with van der Waals surface area (Å²) in [7, 11) is 4.08. The first-order valence-electron chi connectivity index (χ1n) is 10.9. The standard InChI is InChI=1S/C24H35N5O/c1-19(30)27-18-24(22-11-15-26-16-12-22,21-4-6-23(7-5-21)29(2)3)28-17-10-20-8-13-25-14-9-20/h4-7,11-12,15-16,20,25,28H,8-10,13-14,17-18H2,1-3H3,(H,27,30). The highest BCUT2D eigenvalue weighted by atomic mass is 16.1. The van der Waals surface area contributed by atoms with E-state index in [1.165, 1.54) is 12.8 Å². The SMILES string of the molecule is CC(=O)NCC(NCCC1CCNCC1)(c1ccncc1)c1ccc(N(C)C)cc1. The molecule has 1 atom stereocenters. The summed E-state index contributed by atoms with van der Waals surface area (Å²) in [6, 6.07) is 12.7. The number of rotatable bonds is 9. The summed E-state index contributed by atoms with van der Waals surface area (Å²) in [6.07, 6.45) is 7.23. The third kappa shape index (κ3) is 5.58. The van der Waals surface area contributed by atoms with Crippen molar-refractivity contribution in [1.82, 2.24) is 20.9 Å². The molecule has 1 aromatic heterocycles. The molecule has 1 aliphatic rings. The number of hydrogen-bond donors (Lipinski definition) is 3. The highest BCUT2D eigenvalue weighted by Gasteiger charge is 2.34. The van der Waals surface area contributed by atoms with Gasteiger partial charge in [0.1, 0.15) is 0 Å². The fraction of sp³-hybridized carbons (Fsp3) is 0.500. The molecule has 162 valence electrons. The van der Waals surface area contributed by atoms with Crippen LogP contribution in [0.3, 0.4) is 0 Å². The minimum Gasteiger partial charge on any atom is -0.378 e. The van der Waals surface area contributed by atoms with Crippen LogP contribution in [0.4, 0.5) is 5.69 Å². The van der Waals surface area contributed by atoms with Crippen molar-refractivity contribution in [3.05, 3.63) is 59.9 Å². The van der Waals surface area contributed by atoms with Gasteiger partial charge in [-0.15, -0.1) is 0 Å². The second-order valence-electron chi connectivity index (χ2n) is 8.40. The Morgan fingerprint density at radius 1 is 1.10 bits per heavy atom. The molecule has 1 aliphatic heterocycles. The maximum absolute atomic E-state index is 11.9. The molecule has 1 amide bonds. The molecule has 0 aliphatic carbocycles. The van der Waals surface area contributed by atoms with Gasteiger partial charge in [0.15, 0.2) is 0 Å². The van der Waals surface area contributed by atoms with Gasteiger partial charge in [0.25, 0.3) is 0 Å². The van der Waals surface area contributed by atoms with Gasteiger partial charge in [0.05, 0.1) is 5.54 Å². The van der Waals surface area contributed by atoms with E-state index in [-0.39, 0.29) is 5.91 Å². The molecule has 1 fully saturated rings. The van der Waals surface area contributed by atoms with Gasteiger partial charge in [-0.3, -0.25) is 9.78 Å². The molecule has 2 heterocycles. The minimum atomic E-state index is -0.508. The van der Waals surface area contributed by atoms with Crippen LogP contribution in [-0.4, -0.2) is 51.2 Å². The molecule has 30 heavy (non-hydrogen) atoms. The average molecular weight is 410 g/mol. The van der Waals surface area contributed by atoms with Crippen LogP contribution in [0.5, 0.6) is 0 Å². The Hall–Kier alpha value is -2.44. The normalized spacial score (nSPS) is 16.6. The minimum absolute atomic E-state index is 0.0292.